The third-order valence-electron chi connectivity index (χ3n) is 2.58. The van der Waals surface area contributed by atoms with E-state index in [0.717, 1.165) is 11.3 Å². The highest BCUT2D eigenvalue weighted by atomic mass is 32.2. The monoisotopic (exact) mass is 355 g/mol. The van der Waals surface area contributed by atoms with Gasteiger partial charge in [-0.25, -0.2) is 4.39 Å². The van der Waals surface area contributed by atoms with Crippen LogP contribution < -0.4 is 5.32 Å². The van der Waals surface area contributed by atoms with Crippen molar-refractivity contribution in [3.8, 4) is 0 Å². The summed E-state index contributed by atoms with van der Waals surface area (Å²) in [5.41, 5.74) is 0.312. The molecule has 122 valence electrons. The van der Waals surface area contributed by atoms with Crippen LogP contribution in [0.1, 0.15) is 12.5 Å². The first kappa shape index (κ1) is 17.4. The average molecular weight is 355 g/mol. The lowest BCUT2D eigenvalue weighted by Gasteiger charge is -2.02. The number of rotatable bonds is 7. The number of nitrogens with one attached hydrogen (secondary N) is 1. The molecule has 0 bridgehead atoms. The van der Waals surface area contributed by atoms with E-state index in [9.17, 15) is 14.0 Å². The number of carbonyl (C=O) groups is 2. The molecule has 0 spiro atoms. The molecule has 1 aromatic carbocycles. The van der Waals surface area contributed by atoms with Crippen molar-refractivity contribution in [1.82, 2.24) is 10.2 Å². The number of hydrogen-bond donors (Lipinski definition) is 1. The molecule has 1 amide bonds. The van der Waals surface area contributed by atoms with Gasteiger partial charge in [-0.3, -0.25) is 9.59 Å². The van der Waals surface area contributed by atoms with Gasteiger partial charge in [0.1, 0.15) is 5.82 Å². The summed E-state index contributed by atoms with van der Waals surface area (Å²) in [6.45, 7) is 2.06. The minimum absolute atomic E-state index is 0.0858. The molecule has 0 saturated carbocycles. The average Bonchev–Trinajstić information content (AvgIpc) is 2.95. The molecule has 0 saturated heterocycles. The fourth-order valence-electron chi connectivity index (χ4n) is 1.62. The largest absolute Gasteiger partial charge is 0.465 e. The van der Waals surface area contributed by atoms with Crippen molar-refractivity contribution in [3.63, 3.8) is 0 Å². The van der Waals surface area contributed by atoms with Gasteiger partial charge in [-0.05, 0) is 18.6 Å². The Kier molecular flexibility index (Phi) is 6.48. The predicted octanol–water partition coefficient (Wildman–Crippen LogP) is 2.51. The number of carbonyl (C=O) groups excluding carboxylic acids is 2. The molecule has 1 heterocycles. The topological polar surface area (TPSA) is 81.2 Å². The Bertz CT molecular complexity index is 693. The Labute approximate surface area is 140 Å². The van der Waals surface area contributed by atoms with Crippen molar-refractivity contribution < 1.29 is 18.7 Å². The maximum atomic E-state index is 13.5. The Balaban J connectivity index is 1.85. The quantitative estimate of drug-likeness (QED) is 0.467. The van der Waals surface area contributed by atoms with Crippen LogP contribution in [0.3, 0.4) is 0 Å². The number of ether oxygens (including phenoxy) is 1. The van der Waals surface area contributed by atoms with Crippen molar-refractivity contribution in [2.24, 2.45) is 0 Å². The van der Waals surface area contributed by atoms with Gasteiger partial charge in [0, 0.05) is 0 Å². The third-order valence-corrected chi connectivity index (χ3v) is 4.53. The first-order chi connectivity index (χ1) is 11.1. The van der Waals surface area contributed by atoms with Gasteiger partial charge in [0.05, 0.1) is 18.8 Å². The molecular weight excluding hydrogens is 341 g/mol. The second-order valence-electron chi connectivity index (χ2n) is 4.28. The third kappa shape index (κ3) is 5.61. The summed E-state index contributed by atoms with van der Waals surface area (Å²) < 4.78 is 18.8. The smallest absolute Gasteiger partial charge is 0.316 e. The van der Waals surface area contributed by atoms with Crippen molar-refractivity contribution in [2.75, 3.05) is 17.7 Å². The number of esters is 1. The zero-order valence-corrected chi connectivity index (χ0v) is 13.9. The van der Waals surface area contributed by atoms with Crippen molar-refractivity contribution >= 4 is 40.1 Å². The maximum absolute atomic E-state index is 13.5. The maximum Gasteiger partial charge on any atom is 0.316 e. The van der Waals surface area contributed by atoms with E-state index in [4.69, 9.17) is 4.74 Å². The lowest BCUT2D eigenvalue weighted by atomic mass is 10.1. The van der Waals surface area contributed by atoms with E-state index in [-0.39, 0.29) is 24.1 Å². The van der Waals surface area contributed by atoms with Crippen LogP contribution in [0.5, 0.6) is 0 Å². The number of nitrogens with zero attached hydrogens (tertiary/aromatic N) is 2. The van der Waals surface area contributed by atoms with Gasteiger partial charge in [0.25, 0.3) is 0 Å². The molecule has 2 rings (SSSR count). The summed E-state index contributed by atoms with van der Waals surface area (Å²) in [4.78, 5) is 23.1. The molecule has 0 aliphatic rings. The number of thioether (sulfide) groups is 1. The number of hydrogen-bond acceptors (Lipinski definition) is 7. The van der Waals surface area contributed by atoms with Crippen LogP contribution in [0.15, 0.2) is 28.6 Å². The first-order valence-electron chi connectivity index (χ1n) is 6.73. The molecule has 0 aliphatic carbocycles. The minimum Gasteiger partial charge on any atom is -0.465 e. The summed E-state index contributed by atoms with van der Waals surface area (Å²) in [6, 6.07) is 6.09. The van der Waals surface area contributed by atoms with Crippen LogP contribution in [0.2, 0.25) is 0 Å². The van der Waals surface area contributed by atoms with Gasteiger partial charge in [-0.2, -0.15) is 0 Å². The van der Waals surface area contributed by atoms with Crippen LogP contribution in [0, 0.1) is 5.82 Å². The van der Waals surface area contributed by atoms with Gasteiger partial charge in [-0.1, -0.05) is 41.3 Å². The molecule has 6 nitrogen and oxygen atoms in total. The van der Waals surface area contributed by atoms with Crippen LogP contribution in [0.25, 0.3) is 0 Å². The fourth-order valence-corrected chi connectivity index (χ4v) is 3.19. The highest BCUT2D eigenvalue weighted by Crippen LogP contribution is 2.25. The van der Waals surface area contributed by atoms with Gasteiger partial charge in [0.15, 0.2) is 4.34 Å². The zero-order valence-electron chi connectivity index (χ0n) is 12.2. The number of benzene rings is 1. The SMILES string of the molecule is CCOC(=O)CSc1nnc(NC(=O)Cc2ccccc2F)s1. The van der Waals surface area contributed by atoms with Crippen LogP contribution in [-0.4, -0.2) is 34.4 Å². The number of amides is 1. The molecule has 23 heavy (non-hydrogen) atoms. The molecule has 0 aliphatic heterocycles. The molecule has 9 heteroatoms. The zero-order chi connectivity index (χ0) is 16.7. The number of aromatic nitrogens is 2. The van der Waals surface area contributed by atoms with Crippen LogP contribution >= 0.6 is 23.1 Å². The lowest BCUT2D eigenvalue weighted by Crippen LogP contribution is -2.15. The Morgan fingerprint density at radius 2 is 2.13 bits per heavy atom. The molecule has 0 fully saturated rings. The van der Waals surface area contributed by atoms with Crippen molar-refractivity contribution in [1.29, 1.82) is 0 Å². The molecule has 2 aromatic rings. The summed E-state index contributed by atoms with van der Waals surface area (Å²) >= 11 is 2.33. The molecular formula is C14H14FN3O3S2. The van der Waals surface area contributed by atoms with Crippen LogP contribution in [0.4, 0.5) is 9.52 Å². The number of anilines is 1. The number of halogens is 1. The first-order valence-corrected chi connectivity index (χ1v) is 8.54. The summed E-state index contributed by atoms with van der Waals surface area (Å²) in [5.74, 6) is -1.01. The van der Waals surface area contributed by atoms with E-state index in [1.807, 2.05) is 0 Å². The van der Waals surface area contributed by atoms with E-state index in [0.29, 0.717) is 21.6 Å². The second kappa shape index (κ2) is 8.59. The van der Waals surface area contributed by atoms with Crippen molar-refractivity contribution in [3.05, 3.63) is 35.6 Å². The molecule has 0 radical (unpaired) electrons. The van der Waals surface area contributed by atoms with E-state index >= 15 is 0 Å². The summed E-state index contributed by atoms with van der Waals surface area (Å²) in [7, 11) is 0. The van der Waals surface area contributed by atoms with E-state index < -0.39 is 5.82 Å². The standard InChI is InChI=1S/C14H14FN3O3S2/c1-2-21-12(20)8-22-14-18-17-13(23-14)16-11(19)7-9-5-3-4-6-10(9)15/h3-6H,2,7-8H2,1H3,(H,16,17,19). The van der Waals surface area contributed by atoms with Gasteiger partial charge in [0.2, 0.25) is 11.0 Å². The Hall–Kier alpha value is -2.00. The highest BCUT2D eigenvalue weighted by Gasteiger charge is 2.12. The van der Waals surface area contributed by atoms with Crippen molar-refractivity contribution in [2.45, 2.75) is 17.7 Å². The van der Waals surface area contributed by atoms with E-state index in [1.54, 1.807) is 25.1 Å². The Morgan fingerprint density at radius 1 is 1.35 bits per heavy atom. The molecule has 1 aromatic heterocycles. The van der Waals surface area contributed by atoms with Gasteiger partial charge < -0.3 is 10.1 Å². The minimum atomic E-state index is -0.425. The molecule has 0 atom stereocenters. The predicted molar refractivity (Wildman–Crippen MR) is 86.0 cm³/mol. The van der Waals surface area contributed by atoms with Crippen LogP contribution in [-0.2, 0) is 20.7 Å². The normalized spacial score (nSPS) is 10.3. The highest BCUT2D eigenvalue weighted by molar-refractivity contribution is 8.01. The second-order valence-corrected chi connectivity index (χ2v) is 6.48. The fraction of sp³-hybridized carbons (Fsp3) is 0.286. The van der Waals surface area contributed by atoms with Gasteiger partial charge >= 0.3 is 5.97 Å². The van der Waals surface area contributed by atoms with Gasteiger partial charge in [-0.15, -0.1) is 10.2 Å². The summed E-state index contributed by atoms with van der Waals surface area (Å²) in [5, 5.41) is 10.5. The van der Waals surface area contributed by atoms with E-state index in [2.05, 4.69) is 15.5 Å². The molecule has 1 N–H and O–H groups in total. The molecule has 0 unspecified atom stereocenters. The lowest BCUT2D eigenvalue weighted by molar-refractivity contribution is -0.139. The van der Waals surface area contributed by atoms with E-state index in [1.165, 1.54) is 17.8 Å². The summed E-state index contributed by atoms with van der Waals surface area (Å²) in [6.07, 6.45) is -0.0858. The Morgan fingerprint density at radius 3 is 2.87 bits per heavy atom.